The average molecular weight is 252 g/mol. The highest BCUT2D eigenvalue weighted by molar-refractivity contribution is 8.01. The fraction of sp³-hybridized carbons (Fsp3) is 0.100. The molecule has 0 unspecified atom stereocenters. The smallest absolute Gasteiger partial charge is 0.173 e. The quantitative estimate of drug-likeness (QED) is 0.667. The number of phenolic OH excluding ortho intramolecular Hbond substituents is 1. The average Bonchev–Trinajstić information content (AvgIpc) is 2.80. The van der Waals surface area contributed by atoms with Crippen molar-refractivity contribution in [2.45, 2.75) is 4.34 Å². The van der Waals surface area contributed by atoms with Crippen LogP contribution < -0.4 is 0 Å². The Labute approximate surface area is 101 Å². The van der Waals surface area contributed by atoms with Crippen LogP contribution in [-0.2, 0) is 0 Å². The number of hydrogen-bond acceptors (Lipinski definition) is 6. The van der Waals surface area contributed by atoms with Gasteiger partial charge in [0.05, 0.1) is 5.75 Å². The third-order valence-corrected chi connectivity index (χ3v) is 3.65. The Morgan fingerprint density at radius 1 is 1.38 bits per heavy atom. The van der Waals surface area contributed by atoms with Gasteiger partial charge in [0.2, 0.25) is 0 Å². The van der Waals surface area contributed by atoms with Crippen LogP contribution in [0.2, 0.25) is 0 Å². The number of aromatic hydroxyl groups is 1. The second-order valence-corrected chi connectivity index (χ2v) is 4.97. The van der Waals surface area contributed by atoms with E-state index in [2.05, 4.69) is 9.36 Å². The Balaban J connectivity index is 1.95. The zero-order chi connectivity index (χ0) is 11.4. The monoisotopic (exact) mass is 252 g/mol. The summed E-state index contributed by atoms with van der Waals surface area (Å²) in [6.07, 6.45) is 1.47. The van der Waals surface area contributed by atoms with Gasteiger partial charge in [0, 0.05) is 5.56 Å². The number of ketones is 1. The largest absolute Gasteiger partial charge is 0.508 e. The molecule has 4 nitrogen and oxygen atoms in total. The molecule has 6 heteroatoms. The minimum absolute atomic E-state index is 0.0141. The predicted octanol–water partition coefficient (Wildman–Crippen LogP) is 2.22. The van der Waals surface area contributed by atoms with Crippen molar-refractivity contribution in [3.8, 4) is 5.75 Å². The molecule has 82 valence electrons. The number of phenols is 1. The normalized spacial score (nSPS) is 10.2. The summed E-state index contributed by atoms with van der Waals surface area (Å²) in [6, 6.07) is 6.22. The molecule has 1 heterocycles. The molecular formula is C10H8N2O2S2. The summed E-state index contributed by atoms with van der Waals surface area (Å²) in [5, 5.41) is 9.09. The van der Waals surface area contributed by atoms with E-state index < -0.39 is 0 Å². The van der Waals surface area contributed by atoms with Crippen molar-refractivity contribution in [2.75, 3.05) is 5.75 Å². The van der Waals surface area contributed by atoms with E-state index in [1.165, 1.54) is 41.8 Å². The lowest BCUT2D eigenvalue weighted by molar-refractivity contribution is 0.102. The second kappa shape index (κ2) is 5.09. The van der Waals surface area contributed by atoms with Crippen molar-refractivity contribution >= 4 is 29.1 Å². The van der Waals surface area contributed by atoms with Crippen molar-refractivity contribution in [3.63, 3.8) is 0 Å². The van der Waals surface area contributed by atoms with Crippen LogP contribution in [-0.4, -0.2) is 26.0 Å². The number of carbonyl (C=O) groups is 1. The molecule has 0 amide bonds. The lowest BCUT2D eigenvalue weighted by Crippen LogP contribution is -2.01. The van der Waals surface area contributed by atoms with Crippen LogP contribution >= 0.6 is 23.3 Å². The Morgan fingerprint density at radius 2 is 2.12 bits per heavy atom. The minimum atomic E-state index is 0.0141. The third kappa shape index (κ3) is 2.80. The Bertz CT molecular complexity index is 468. The number of thioether (sulfide) groups is 1. The molecule has 0 bridgehead atoms. The first-order chi connectivity index (χ1) is 7.75. The molecule has 0 fully saturated rings. The molecule has 0 aliphatic rings. The van der Waals surface area contributed by atoms with Crippen molar-refractivity contribution in [2.24, 2.45) is 0 Å². The van der Waals surface area contributed by atoms with Gasteiger partial charge in [-0.1, -0.05) is 11.8 Å². The van der Waals surface area contributed by atoms with Crippen molar-refractivity contribution in [3.05, 3.63) is 36.2 Å². The summed E-state index contributed by atoms with van der Waals surface area (Å²) < 4.78 is 4.63. The summed E-state index contributed by atoms with van der Waals surface area (Å²) in [4.78, 5) is 15.7. The molecule has 0 saturated heterocycles. The molecule has 1 aromatic carbocycles. The molecule has 0 radical (unpaired) electrons. The van der Waals surface area contributed by atoms with Crippen LogP contribution in [0.15, 0.2) is 34.9 Å². The van der Waals surface area contributed by atoms with E-state index in [4.69, 9.17) is 5.11 Å². The van der Waals surface area contributed by atoms with Crippen LogP contribution in [0.3, 0.4) is 0 Å². The second-order valence-electron chi connectivity index (χ2n) is 2.97. The van der Waals surface area contributed by atoms with E-state index in [1.807, 2.05) is 0 Å². The molecule has 0 spiro atoms. The topological polar surface area (TPSA) is 63.1 Å². The highest BCUT2D eigenvalue weighted by atomic mass is 32.2. The van der Waals surface area contributed by atoms with Crippen molar-refractivity contribution < 1.29 is 9.90 Å². The van der Waals surface area contributed by atoms with Gasteiger partial charge in [-0.2, -0.15) is 4.37 Å². The third-order valence-electron chi connectivity index (χ3n) is 1.86. The van der Waals surface area contributed by atoms with E-state index in [9.17, 15) is 4.79 Å². The number of nitrogens with zero attached hydrogens (tertiary/aromatic N) is 2. The number of aromatic nitrogens is 2. The Morgan fingerprint density at radius 3 is 2.75 bits per heavy atom. The molecule has 1 aromatic heterocycles. The van der Waals surface area contributed by atoms with Gasteiger partial charge in [0.25, 0.3) is 0 Å². The zero-order valence-corrected chi connectivity index (χ0v) is 9.79. The van der Waals surface area contributed by atoms with Gasteiger partial charge in [0.15, 0.2) is 10.1 Å². The first-order valence-electron chi connectivity index (χ1n) is 4.47. The highest BCUT2D eigenvalue weighted by Crippen LogP contribution is 2.20. The van der Waals surface area contributed by atoms with Gasteiger partial charge >= 0.3 is 0 Å². The van der Waals surface area contributed by atoms with Crippen molar-refractivity contribution in [1.82, 2.24) is 9.36 Å². The first-order valence-corrected chi connectivity index (χ1v) is 6.23. The SMILES string of the molecule is O=C(CSc1ncns1)c1ccc(O)cc1. The van der Waals surface area contributed by atoms with E-state index in [0.29, 0.717) is 11.3 Å². The maximum Gasteiger partial charge on any atom is 0.173 e. The number of carbonyl (C=O) groups excluding carboxylic acids is 1. The van der Waals surface area contributed by atoms with Gasteiger partial charge < -0.3 is 5.11 Å². The maximum atomic E-state index is 11.7. The lowest BCUT2D eigenvalue weighted by atomic mass is 10.1. The standard InChI is InChI=1S/C10H8N2O2S2/c13-8-3-1-7(2-4-8)9(14)5-15-10-11-6-12-16-10/h1-4,6,13H,5H2. The van der Waals surface area contributed by atoms with Crippen molar-refractivity contribution in [1.29, 1.82) is 0 Å². The first kappa shape index (κ1) is 11.1. The van der Waals surface area contributed by atoms with E-state index in [0.717, 1.165) is 4.34 Å². The van der Waals surface area contributed by atoms with Gasteiger partial charge in [-0.15, -0.1) is 0 Å². The maximum absolute atomic E-state index is 11.7. The fourth-order valence-corrected chi connectivity index (χ4v) is 2.42. The molecule has 1 N–H and O–H groups in total. The Kier molecular flexibility index (Phi) is 3.53. The molecule has 2 aromatic rings. The van der Waals surface area contributed by atoms with E-state index >= 15 is 0 Å². The van der Waals surface area contributed by atoms with Crippen LogP contribution in [0.4, 0.5) is 0 Å². The summed E-state index contributed by atoms with van der Waals surface area (Å²) >= 11 is 2.64. The Hall–Kier alpha value is -1.40. The number of hydrogen-bond donors (Lipinski definition) is 1. The van der Waals surface area contributed by atoms with Gasteiger partial charge in [-0.3, -0.25) is 4.79 Å². The lowest BCUT2D eigenvalue weighted by Gasteiger charge is -1.99. The number of benzene rings is 1. The summed E-state index contributed by atoms with van der Waals surface area (Å²) in [5.74, 6) is 0.508. The minimum Gasteiger partial charge on any atom is -0.508 e. The molecule has 0 saturated carbocycles. The molecule has 16 heavy (non-hydrogen) atoms. The number of Topliss-reactive ketones (excluding diaryl/α,β-unsaturated/α-hetero) is 1. The van der Waals surface area contributed by atoms with Crippen LogP contribution in [0.1, 0.15) is 10.4 Å². The molecule has 0 aliphatic heterocycles. The molecule has 0 atom stereocenters. The van der Waals surface area contributed by atoms with Gasteiger partial charge in [-0.05, 0) is 35.8 Å². The van der Waals surface area contributed by atoms with Gasteiger partial charge in [-0.25, -0.2) is 4.98 Å². The summed E-state index contributed by atoms with van der Waals surface area (Å²) in [7, 11) is 0. The van der Waals surface area contributed by atoms with Crippen LogP contribution in [0, 0.1) is 0 Å². The summed E-state index contributed by atoms with van der Waals surface area (Å²) in [6.45, 7) is 0. The predicted molar refractivity (Wildman–Crippen MR) is 63.1 cm³/mol. The zero-order valence-electron chi connectivity index (χ0n) is 8.16. The summed E-state index contributed by atoms with van der Waals surface area (Å²) in [5.41, 5.74) is 0.592. The fourth-order valence-electron chi connectivity index (χ4n) is 1.08. The van der Waals surface area contributed by atoms with Gasteiger partial charge in [0.1, 0.15) is 12.1 Å². The molecule has 2 rings (SSSR count). The number of rotatable bonds is 4. The molecular weight excluding hydrogens is 244 g/mol. The van der Waals surface area contributed by atoms with E-state index in [1.54, 1.807) is 12.1 Å². The highest BCUT2D eigenvalue weighted by Gasteiger charge is 2.07. The van der Waals surface area contributed by atoms with E-state index in [-0.39, 0.29) is 11.5 Å². The molecule has 0 aliphatic carbocycles. The van der Waals surface area contributed by atoms with Crippen LogP contribution in [0.5, 0.6) is 5.75 Å². The van der Waals surface area contributed by atoms with Crippen LogP contribution in [0.25, 0.3) is 0 Å².